The molecule has 0 unspecified atom stereocenters. The summed E-state index contributed by atoms with van der Waals surface area (Å²) < 4.78 is 25.8. The molecular formula is C11H10F2O2. The fraction of sp³-hybridized carbons (Fsp3) is 0.364. The standard InChI is InChI=1S/C11H10F2O2/c12-8-2-1-6(10(13)5-8)3-7-4-9(7)11(14)15/h1-2,5,7,9H,3-4H2,(H,14,15)/t7-,9+/m1/s1. The number of carboxylic acids is 1. The Kier molecular flexibility index (Phi) is 2.42. The Morgan fingerprint density at radius 2 is 2.20 bits per heavy atom. The molecule has 2 rings (SSSR count). The molecule has 15 heavy (non-hydrogen) atoms. The van der Waals surface area contributed by atoms with Crippen molar-refractivity contribution in [2.75, 3.05) is 0 Å². The third kappa shape index (κ3) is 2.14. The number of aliphatic carboxylic acids is 1. The summed E-state index contributed by atoms with van der Waals surface area (Å²) >= 11 is 0. The van der Waals surface area contributed by atoms with Crippen LogP contribution in [0.3, 0.4) is 0 Å². The topological polar surface area (TPSA) is 37.3 Å². The minimum atomic E-state index is -0.831. The highest BCUT2D eigenvalue weighted by molar-refractivity contribution is 5.73. The van der Waals surface area contributed by atoms with Crippen molar-refractivity contribution in [2.24, 2.45) is 11.8 Å². The van der Waals surface area contributed by atoms with E-state index in [-0.39, 0.29) is 11.8 Å². The highest BCUT2D eigenvalue weighted by Gasteiger charge is 2.43. The van der Waals surface area contributed by atoms with Crippen LogP contribution in [-0.2, 0) is 11.2 Å². The van der Waals surface area contributed by atoms with Crippen molar-refractivity contribution < 1.29 is 18.7 Å². The Bertz CT molecular complexity index is 404. The minimum absolute atomic E-state index is 0.00228. The molecule has 0 amide bonds. The molecule has 1 N–H and O–H groups in total. The summed E-state index contributed by atoms with van der Waals surface area (Å²) in [6.45, 7) is 0. The number of carbonyl (C=O) groups is 1. The zero-order valence-corrected chi connectivity index (χ0v) is 7.91. The van der Waals surface area contributed by atoms with E-state index in [1.54, 1.807) is 0 Å². The Morgan fingerprint density at radius 3 is 2.73 bits per heavy atom. The zero-order valence-electron chi connectivity index (χ0n) is 7.91. The van der Waals surface area contributed by atoms with Gasteiger partial charge in [-0.15, -0.1) is 0 Å². The fourth-order valence-electron chi connectivity index (χ4n) is 1.75. The van der Waals surface area contributed by atoms with Crippen LogP contribution in [0.4, 0.5) is 8.78 Å². The number of hydrogen-bond acceptors (Lipinski definition) is 1. The maximum absolute atomic E-state index is 13.2. The van der Waals surface area contributed by atoms with Crippen molar-refractivity contribution in [3.63, 3.8) is 0 Å². The van der Waals surface area contributed by atoms with Crippen LogP contribution in [-0.4, -0.2) is 11.1 Å². The molecule has 0 spiro atoms. The lowest BCUT2D eigenvalue weighted by Crippen LogP contribution is -2.02. The lowest BCUT2D eigenvalue weighted by molar-refractivity contribution is -0.138. The maximum atomic E-state index is 13.2. The molecule has 1 saturated carbocycles. The van der Waals surface area contributed by atoms with Gasteiger partial charge >= 0.3 is 5.97 Å². The molecule has 80 valence electrons. The van der Waals surface area contributed by atoms with E-state index in [0.717, 1.165) is 6.07 Å². The van der Waals surface area contributed by atoms with Gasteiger partial charge < -0.3 is 5.11 Å². The number of hydrogen-bond donors (Lipinski definition) is 1. The summed E-state index contributed by atoms with van der Waals surface area (Å²) in [7, 11) is 0. The molecule has 1 aromatic carbocycles. The van der Waals surface area contributed by atoms with Gasteiger partial charge in [-0.1, -0.05) is 6.07 Å². The maximum Gasteiger partial charge on any atom is 0.306 e. The quantitative estimate of drug-likeness (QED) is 0.834. The lowest BCUT2D eigenvalue weighted by atomic mass is 10.1. The first-order valence-electron chi connectivity index (χ1n) is 4.74. The normalized spacial score (nSPS) is 23.9. The van der Waals surface area contributed by atoms with E-state index in [1.165, 1.54) is 12.1 Å². The van der Waals surface area contributed by atoms with Crippen molar-refractivity contribution in [3.05, 3.63) is 35.4 Å². The average molecular weight is 212 g/mol. The second kappa shape index (κ2) is 3.61. The minimum Gasteiger partial charge on any atom is -0.481 e. The summed E-state index contributed by atoms with van der Waals surface area (Å²) in [6, 6.07) is 3.39. The number of benzene rings is 1. The molecule has 1 aromatic rings. The third-order valence-electron chi connectivity index (χ3n) is 2.74. The van der Waals surface area contributed by atoms with Gasteiger partial charge in [0, 0.05) is 6.07 Å². The molecule has 1 fully saturated rings. The second-order valence-electron chi connectivity index (χ2n) is 3.88. The van der Waals surface area contributed by atoms with Crippen molar-refractivity contribution in [1.29, 1.82) is 0 Å². The van der Waals surface area contributed by atoms with E-state index in [2.05, 4.69) is 0 Å². The van der Waals surface area contributed by atoms with Crippen LogP contribution in [0.5, 0.6) is 0 Å². The molecule has 0 aliphatic heterocycles. The Balaban J connectivity index is 2.04. The zero-order chi connectivity index (χ0) is 11.0. The first kappa shape index (κ1) is 10.1. The van der Waals surface area contributed by atoms with E-state index in [1.807, 2.05) is 0 Å². The third-order valence-corrected chi connectivity index (χ3v) is 2.74. The number of carboxylic acid groups (broad SMARTS) is 1. The van der Waals surface area contributed by atoms with Crippen LogP contribution in [0.15, 0.2) is 18.2 Å². The van der Waals surface area contributed by atoms with E-state index < -0.39 is 17.6 Å². The lowest BCUT2D eigenvalue weighted by Gasteiger charge is -2.01. The molecule has 1 aliphatic carbocycles. The van der Waals surface area contributed by atoms with Gasteiger partial charge in [-0.2, -0.15) is 0 Å². The molecule has 0 aromatic heterocycles. The molecule has 0 heterocycles. The molecule has 1 aliphatic rings. The van der Waals surface area contributed by atoms with Gasteiger partial charge in [-0.25, -0.2) is 8.78 Å². The summed E-state index contributed by atoms with van der Waals surface area (Å²) in [5.41, 5.74) is 0.394. The molecular weight excluding hydrogens is 202 g/mol. The largest absolute Gasteiger partial charge is 0.481 e. The predicted molar refractivity (Wildman–Crippen MR) is 49.3 cm³/mol. The van der Waals surface area contributed by atoms with Crippen molar-refractivity contribution >= 4 is 5.97 Å². The van der Waals surface area contributed by atoms with Gasteiger partial charge in [0.25, 0.3) is 0 Å². The van der Waals surface area contributed by atoms with Crippen molar-refractivity contribution in [2.45, 2.75) is 12.8 Å². The average Bonchev–Trinajstić information content (AvgIpc) is 2.89. The molecule has 0 bridgehead atoms. The van der Waals surface area contributed by atoms with Gasteiger partial charge in [0.1, 0.15) is 11.6 Å². The molecule has 4 heteroatoms. The Hall–Kier alpha value is -1.45. The van der Waals surface area contributed by atoms with Crippen LogP contribution in [0, 0.1) is 23.5 Å². The first-order valence-corrected chi connectivity index (χ1v) is 4.74. The van der Waals surface area contributed by atoms with Gasteiger partial charge in [-0.3, -0.25) is 4.79 Å². The van der Waals surface area contributed by atoms with Crippen molar-refractivity contribution in [3.8, 4) is 0 Å². The van der Waals surface area contributed by atoms with Gasteiger partial charge in [-0.05, 0) is 30.4 Å². The smallest absolute Gasteiger partial charge is 0.306 e. The number of rotatable bonds is 3. The first-order chi connectivity index (χ1) is 7.08. The van der Waals surface area contributed by atoms with Crippen LogP contribution in [0.25, 0.3) is 0 Å². The molecule has 0 radical (unpaired) electrons. The van der Waals surface area contributed by atoms with Crippen LogP contribution >= 0.6 is 0 Å². The van der Waals surface area contributed by atoms with Gasteiger partial charge in [0.2, 0.25) is 0 Å². The molecule has 2 atom stereocenters. The summed E-state index contributed by atoms with van der Waals surface area (Å²) in [5, 5.41) is 8.66. The highest BCUT2D eigenvalue weighted by atomic mass is 19.1. The highest BCUT2D eigenvalue weighted by Crippen LogP contribution is 2.41. The summed E-state index contributed by atoms with van der Waals surface area (Å²) in [6.07, 6.45) is 0.967. The predicted octanol–water partition coefficient (Wildman–Crippen LogP) is 2.23. The summed E-state index contributed by atoms with van der Waals surface area (Å²) in [5.74, 6) is -2.38. The van der Waals surface area contributed by atoms with E-state index in [9.17, 15) is 13.6 Å². The van der Waals surface area contributed by atoms with E-state index >= 15 is 0 Å². The SMILES string of the molecule is O=C(O)[C@H]1C[C@H]1Cc1ccc(F)cc1F. The summed E-state index contributed by atoms with van der Waals surface area (Å²) in [4.78, 5) is 10.5. The molecule has 0 saturated heterocycles. The monoisotopic (exact) mass is 212 g/mol. The second-order valence-corrected chi connectivity index (χ2v) is 3.88. The van der Waals surface area contributed by atoms with Gasteiger partial charge in [0.05, 0.1) is 5.92 Å². The van der Waals surface area contributed by atoms with Crippen LogP contribution < -0.4 is 0 Å². The number of halogens is 2. The Labute approximate surface area is 85.5 Å². The Morgan fingerprint density at radius 1 is 1.47 bits per heavy atom. The van der Waals surface area contributed by atoms with Crippen LogP contribution in [0.2, 0.25) is 0 Å². The van der Waals surface area contributed by atoms with Crippen LogP contribution in [0.1, 0.15) is 12.0 Å². The van der Waals surface area contributed by atoms with E-state index in [4.69, 9.17) is 5.11 Å². The van der Waals surface area contributed by atoms with Gasteiger partial charge in [0.15, 0.2) is 0 Å². The fourth-order valence-corrected chi connectivity index (χ4v) is 1.75. The van der Waals surface area contributed by atoms with E-state index in [0.29, 0.717) is 18.4 Å². The molecule has 2 nitrogen and oxygen atoms in total. The van der Waals surface area contributed by atoms with Crippen molar-refractivity contribution in [1.82, 2.24) is 0 Å².